The van der Waals surface area contributed by atoms with Crippen LogP contribution in [0.15, 0.2) is 35.2 Å². The van der Waals surface area contributed by atoms with Crippen molar-refractivity contribution in [3.8, 4) is 0 Å². The van der Waals surface area contributed by atoms with Crippen molar-refractivity contribution in [3.63, 3.8) is 0 Å². The van der Waals surface area contributed by atoms with Gasteiger partial charge < -0.3 is 14.8 Å². The molecule has 1 aliphatic rings. The summed E-state index contributed by atoms with van der Waals surface area (Å²) in [5, 5.41) is 2.92. The fourth-order valence-electron chi connectivity index (χ4n) is 2.08. The van der Waals surface area contributed by atoms with Crippen LogP contribution in [0, 0.1) is 5.92 Å². The number of hydrogen-bond acceptors (Lipinski definition) is 4. The van der Waals surface area contributed by atoms with Crippen LogP contribution >= 0.6 is 11.8 Å². The molecule has 4 nitrogen and oxygen atoms in total. The average molecular weight is 309 g/mol. The first kappa shape index (κ1) is 16.3. The van der Waals surface area contributed by atoms with Crippen LogP contribution < -0.4 is 5.32 Å². The number of carbonyl (C=O) groups is 1. The van der Waals surface area contributed by atoms with Crippen molar-refractivity contribution in [2.75, 3.05) is 38.7 Å². The Morgan fingerprint density at radius 3 is 3.00 bits per heavy atom. The molecule has 1 atom stereocenters. The molecule has 1 amide bonds. The topological polar surface area (TPSA) is 47.6 Å². The van der Waals surface area contributed by atoms with E-state index < -0.39 is 0 Å². The Hall–Kier alpha value is -1.04. The maximum Gasteiger partial charge on any atom is 0.230 e. The molecule has 1 unspecified atom stereocenters. The minimum atomic E-state index is 0.0769. The van der Waals surface area contributed by atoms with Crippen molar-refractivity contribution in [1.82, 2.24) is 5.32 Å². The van der Waals surface area contributed by atoms with Gasteiger partial charge in [-0.25, -0.2) is 0 Å². The summed E-state index contributed by atoms with van der Waals surface area (Å²) in [6.45, 7) is 3.84. The monoisotopic (exact) mass is 309 g/mol. The van der Waals surface area contributed by atoms with Gasteiger partial charge in [-0.1, -0.05) is 18.2 Å². The molecule has 0 spiro atoms. The Bertz CT molecular complexity index is 407. The highest BCUT2D eigenvalue weighted by Crippen LogP contribution is 2.16. The van der Waals surface area contributed by atoms with Crippen molar-refractivity contribution >= 4 is 17.7 Å². The van der Waals surface area contributed by atoms with Crippen LogP contribution in [0.2, 0.25) is 0 Å². The Labute approximate surface area is 130 Å². The van der Waals surface area contributed by atoms with Gasteiger partial charge in [-0.3, -0.25) is 4.79 Å². The summed E-state index contributed by atoms with van der Waals surface area (Å²) in [4.78, 5) is 12.8. The Morgan fingerprint density at radius 1 is 1.38 bits per heavy atom. The molecule has 1 aromatic rings. The minimum Gasteiger partial charge on any atom is -0.381 e. The van der Waals surface area contributed by atoms with Gasteiger partial charge in [-0.2, -0.15) is 0 Å². The number of benzene rings is 1. The van der Waals surface area contributed by atoms with E-state index in [4.69, 9.17) is 9.47 Å². The van der Waals surface area contributed by atoms with Crippen molar-refractivity contribution < 1.29 is 14.3 Å². The highest BCUT2D eigenvalue weighted by Gasteiger charge is 2.15. The molecule has 1 heterocycles. The number of nitrogens with one attached hydrogen (secondary N) is 1. The fraction of sp³-hybridized carbons (Fsp3) is 0.562. The van der Waals surface area contributed by atoms with Crippen LogP contribution in [-0.2, 0) is 14.3 Å². The standard InChI is InChI=1S/C16H23NO3S/c18-16(13-21-15-5-2-1-3-6-15)17-8-4-9-19-11-14-7-10-20-12-14/h1-3,5-6,14H,4,7-13H2,(H,17,18). The van der Waals surface area contributed by atoms with Crippen LogP contribution in [0.4, 0.5) is 0 Å². The van der Waals surface area contributed by atoms with E-state index in [9.17, 15) is 4.79 Å². The number of ether oxygens (including phenoxy) is 2. The molecule has 1 fully saturated rings. The first-order chi connectivity index (χ1) is 10.3. The highest BCUT2D eigenvalue weighted by atomic mass is 32.2. The van der Waals surface area contributed by atoms with E-state index in [1.54, 1.807) is 11.8 Å². The Balaban J connectivity index is 1.44. The summed E-state index contributed by atoms with van der Waals surface area (Å²) in [6.07, 6.45) is 1.96. The van der Waals surface area contributed by atoms with E-state index in [-0.39, 0.29) is 5.91 Å². The molecule has 0 saturated carbocycles. The van der Waals surface area contributed by atoms with Crippen molar-refractivity contribution in [3.05, 3.63) is 30.3 Å². The van der Waals surface area contributed by atoms with E-state index in [0.29, 0.717) is 24.8 Å². The molecule has 1 N–H and O–H groups in total. The van der Waals surface area contributed by atoms with Crippen LogP contribution in [0.5, 0.6) is 0 Å². The lowest BCUT2D eigenvalue weighted by atomic mass is 10.1. The second kappa shape index (κ2) is 9.82. The van der Waals surface area contributed by atoms with Crippen LogP contribution in [0.25, 0.3) is 0 Å². The normalized spacial score (nSPS) is 17.8. The van der Waals surface area contributed by atoms with Crippen LogP contribution in [0.3, 0.4) is 0 Å². The molecule has 1 aliphatic heterocycles. The summed E-state index contributed by atoms with van der Waals surface area (Å²) in [6, 6.07) is 9.96. The zero-order valence-corrected chi connectivity index (χ0v) is 13.1. The van der Waals surface area contributed by atoms with E-state index in [2.05, 4.69) is 5.32 Å². The first-order valence-corrected chi connectivity index (χ1v) is 8.43. The minimum absolute atomic E-state index is 0.0769. The molecular weight excluding hydrogens is 286 g/mol. The van der Waals surface area contributed by atoms with Crippen molar-refractivity contribution in [1.29, 1.82) is 0 Å². The Kier molecular flexibility index (Phi) is 7.63. The number of thioether (sulfide) groups is 1. The summed E-state index contributed by atoms with van der Waals surface area (Å²) in [7, 11) is 0. The first-order valence-electron chi connectivity index (χ1n) is 7.44. The third kappa shape index (κ3) is 6.98. The fourth-order valence-corrected chi connectivity index (χ4v) is 2.83. The summed E-state index contributed by atoms with van der Waals surface area (Å²) in [5.74, 6) is 1.10. The zero-order valence-electron chi connectivity index (χ0n) is 12.3. The van der Waals surface area contributed by atoms with Gasteiger partial charge in [-0.15, -0.1) is 11.8 Å². The lowest BCUT2D eigenvalue weighted by Gasteiger charge is -2.09. The van der Waals surface area contributed by atoms with Gasteiger partial charge in [0.15, 0.2) is 0 Å². The highest BCUT2D eigenvalue weighted by molar-refractivity contribution is 8.00. The second-order valence-electron chi connectivity index (χ2n) is 5.11. The maximum absolute atomic E-state index is 11.7. The van der Waals surface area contributed by atoms with Gasteiger partial charge in [0.2, 0.25) is 5.91 Å². The predicted molar refractivity (Wildman–Crippen MR) is 84.5 cm³/mol. The number of hydrogen-bond donors (Lipinski definition) is 1. The van der Waals surface area contributed by atoms with Gasteiger partial charge in [0.25, 0.3) is 0 Å². The van der Waals surface area contributed by atoms with Gasteiger partial charge in [0.1, 0.15) is 0 Å². The molecule has 0 aromatic heterocycles. The van der Waals surface area contributed by atoms with Gasteiger partial charge in [0.05, 0.1) is 19.0 Å². The average Bonchev–Trinajstić information content (AvgIpc) is 3.03. The second-order valence-corrected chi connectivity index (χ2v) is 6.16. The molecule has 5 heteroatoms. The molecule has 1 aromatic carbocycles. The molecule has 2 rings (SSSR count). The third-order valence-corrected chi connectivity index (χ3v) is 4.29. The summed E-state index contributed by atoms with van der Waals surface area (Å²) >= 11 is 1.56. The molecule has 1 saturated heterocycles. The smallest absolute Gasteiger partial charge is 0.230 e. The zero-order chi connectivity index (χ0) is 14.8. The lowest BCUT2D eigenvalue weighted by Crippen LogP contribution is -2.27. The SMILES string of the molecule is O=C(CSc1ccccc1)NCCCOCC1CCOC1. The quantitative estimate of drug-likeness (QED) is 0.562. The molecule has 21 heavy (non-hydrogen) atoms. The van der Waals surface area contributed by atoms with Gasteiger partial charge >= 0.3 is 0 Å². The number of carbonyl (C=O) groups excluding carboxylic acids is 1. The maximum atomic E-state index is 11.7. The van der Waals surface area contributed by atoms with E-state index >= 15 is 0 Å². The van der Waals surface area contributed by atoms with Gasteiger partial charge in [0, 0.05) is 30.6 Å². The van der Waals surface area contributed by atoms with E-state index in [1.807, 2.05) is 30.3 Å². The molecule has 0 aliphatic carbocycles. The number of amides is 1. The molecule has 0 bridgehead atoms. The largest absolute Gasteiger partial charge is 0.381 e. The van der Waals surface area contributed by atoms with Gasteiger partial charge in [-0.05, 0) is 25.0 Å². The van der Waals surface area contributed by atoms with Crippen molar-refractivity contribution in [2.24, 2.45) is 5.92 Å². The Morgan fingerprint density at radius 2 is 2.24 bits per heavy atom. The van der Waals surface area contributed by atoms with Crippen LogP contribution in [-0.4, -0.2) is 44.6 Å². The van der Waals surface area contributed by atoms with Crippen molar-refractivity contribution in [2.45, 2.75) is 17.7 Å². The number of rotatable bonds is 9. The van der Waals surface area contributed by atoms with E-state index in [1.165, 1.54) is 0 Å². The summed E-state index contributed by atoms with van der Waals surface area (Å²) < 4.78 is 10.9. The predicted octanol–water partition coefficient (Wildman–Crippen LogP) is 2.34. The van der Waals surface area contributed by atoms with Crippen LogP contribution in [0.1, 0.15) is 12.8 Å². The summed E-state index contributed by atoms with van der Waals surface area (Å²) in [5.41, 5.74) is 0. The third-order valence-electron chi connectivity index (χ3n) is 3.28. The molecular formula is C16H23NO3S. The molecule has 116 valence electrons. The van der Waals surface area contributed by atoms with E-state index in [0.717, 1.165) is 37.6 Å². The molecule has 0 radical (unpaired) electrons. The lowest BCUT2D eigenvalue weighted by molar-refractivity contribution is -0.118.